The summed E-state index contributed by atoms with van der Waals surface area (Å²) in [7, 11) is 1.59. The molecule has 0 aromatic carbocycles. The molecule has 114 valence electrons. The van der Waals surface area contributed by atoms with Gasteiger partial charge >= 0.3 is 0 Å². The molecule has 2 aliphatic heterocycles. The zero-order valence-corrected chi connectivity index (χ0v) is 11.8. The molecule has 2 atom stereocenters. The van der Waals surface area contributed by atoms with Gasteiger partial charge < -0.3 is 24.4 Å². The molecule has 2 heterocycles. The average molecular weight is 286 g/mol. The summed E-state index contributed by atoms with van der Waals surface area (Å²) in [6, 6.07) is 0. The number of rotatable bonds is 5. The maximum Gasteiger partial charge on any atom is 0.228 e. The first-order chi connectivity index (χ1) is 9.65. The highest BCUT2D eigenvalue weighted by molar-refractivity contribution is 5.89. The van der Waals surface area contributed by atoms with Crippen molar-refractivity contribution in [1.29, 1.82) is 0 Å². The highest BCUT2D eigenvalue weighted by atomic mass is 16.5. The fourth-order valence-corrected chi connectivity index (χ4v) is 2.64. The predicted molar refractivity (Wildman–Crippen MR) is 70.0 cm³/mol. The van der Waals surface area contributed by atoms with E-state index in [1.54, 1.807) is 16.9 Å². The molecule has 2 aliphatic rings. The van der Waals surface area contributed by atoms with E-state index in [9.17, 15) is 9.59 Å². The monoisotopic (exact) mass is 286 g/mol. The zero-order chi connectivity index (χ0) is 14.5. The fourth-order valence-electron chi connectivity index (χ4n) is 2.64. The van der Waals surface area contributed by atoms with Crippen molar-refractivity contribution in [1.82, 2.24) is 9.80 Å². The molecule has 0 aromatic heterocycles. The number of likely N-dealkylation sites (tertiary alicyclic amines) is 1. The standard InChI is InChI=1S/C13H22N2O5/c1-19-4-2-14-7-10(6-12(14)17)13(18)15-3-5-20-11(8-15)9-16/h10-11,16H,2-9H2,1H3. The number of nitrogens with zero attached hydrogens (tertiary/aromatic N) is 2. The van der Waals surface area contributed by atoms with E-state index in [1.165, 1.54) is 0 Å². The molecule has 2 rings (SSSR count). The maximum absolute atomic E-state index is 12.4. The van der Waals surface area contributed by atoms with E-state index in [0.29, 0.717) is 39.4 Å². The smallest absolute Gasteiger partial charge is 0.228 e. The van der Waals surface area contributed by atoms with Gasteiger partial charge in [0, 0.05) is 39.7 Å². The highest BCUT2D eigenvalue weighted by Gasteiger charge is 2.37. The molecule has 7 nitrogen and oxygen atoms in total. The van der Waals surface area contributed by atoms with Gasteiger partial charge in [0.1, 0.15) is 0 Å². The second kappa shape index (κ2) is 7.01. The van der Waals surface area contributed by atoms with E-state index in [1.807, 2.05) is 0 Å². The van der Waals surface area contributed by atoms with Crippen LogP contribution in [0.2, 0.25) is 0 Å². The van der Waals surface area contributed by atoms with Gasteiger partial charge in [-0.05, 0) is 0 Å². The van der Waals surface area contributed by atoms with Crippen LogP contribution in [0.4, 0.5) is 0 Å². The van der Waals surface area contributed by atoms with E-state index >= 15 is 0 Å². The summed E-state index contributed by atoms with van der Waals surface area (Å²) in [6.07, 6.45) is -0.0432. The summed E-state index contributed by atoms with van der Waals surface area (Å²) in [4.78, 5) is 27.6. The Kier molecular flexibility index (Phi) is 5.33. The van der Waals surface area contributed by atoms with Crippen molar-refractivity contribution in [3.63, 3.8) is 0 Å². The van der Waals surface area contributed by atoms with Gasteiger partial charge in [-0.1, -0.05) is 0 Å². The summed E-state index contributed by atoms with van der Waals surface area (Å²) < 4.78 is 10.3. The van der Waals surface area contributed by atoms with Crippen molar-refractivity contribution >= 4 is 11.8 Å². The number of aliphatic hydroxyl groups is 1. The summed E-state index contributed by atoms with van der Waals surface area (Å²) in [5.41, 5.74) is 0. The van der Waals surface area contributed by atoms with Crippen molar-refractivity contribution in [2.24, 2.45) is 5.92 Å². The number of amides is 2. The minimum absolute atomic E-state index is 0.00682. The first-order valence-corrected chi connectivity index (χ1v) is 6.93. The Morgan fingerprint density at radius 2 is 2.30 bits per heavy atom. The summed E-state index contributed by atoms with van der Waals surface area (Å²) >= 11 is 0. The second-order valence-corrected chi connectivity index (χ2v) is 5.19. The van der Waals surface area contributed by atoms with Crippen LogP contribution in [-0.2, 0) is 19.1 Å². The largest absolute Gasteiger partial charge is 0.394 e. The van der Waals surface area contributed by atoms with Gasteiger partial charge in [-0.25, -0.2) is 0 Å². The fraction of sp³-hybridized carbons (Fsp3) is 0.846. The third-order valence-corrected chi connectivity index (χ3v) is 3.78. The lowest BCUT2D eigenvalue weighted by molar-refractivity contribution is -0.144. The number of hydrogen-bond donors (Lipinski definition) is 1. The van der Waals surface area contributed by atoms with Gasteiger partial charge in [0.05, 0.1) is 31.8 Å². The first kappa shape index (κ1) is 15.2. The molecular formula is C13H22N2O5. The lowest BCUT2D eigenvalue weighted by Crippen LogP contribution is -2.49. The van der Waals surface area contributed by atoms with Crippen LogP contribution in [-0.4, -0.2) is 85.9 Å². The molecule has 0 aromatic rings. The Morgan fingerprint density at radius 3 is 3.00 bits per heavy atom. The Morgan fingerprint density at radius 1 is 1.50 bits per heavy atom. The molecular weight excluding hydrogens is 264 g/mol. The van der Waals surface area contributed by atoms with Gasteiger partial charge in [0.2, 0.25) is 11.8 Å². The third kappa shape index (κ3) is 3.47. The van der Waals surface area contributed by atoms with Crippen LogP contribution in [0.15, 0.2) is 0 Å². The number of hydrogen-bond acceptors (Lipinski definition) is 5. The highest BCUT2D eigenvalue weighted by Crippen LogP contribution is 2.21. The summed E-state index contributed by atoms with van der Waals surface area (Å²) in [6.45, 7) is 2.75. The Hall–Kier alpha value is -1.18. The van der Waals surface area contributed by atoms with E-state index in [4.69, 9.17) is 14.6 Å². The minimum atomic E-state index is -0.311. The number of carbonyl (C=O) groups is 2. The van der Waals surface area contributed by atoms with E-state index in [2.05, 4.69) is 0 Å². The average Bonchev–Trinajstić information content (AvgIpc) is 2.85. The second-order valence-electron chi connectivity index (χ2n) is 5.19. The lowest BCUT2D eigenvalue weighted by atomic mass is 10.1. The molecule has 2 amide bonds. The summed E-state index contributed by atoms with van der Waals surface area (Å²) in [5, 5.41) is 9.10. The van der Waals surface area contributed by atoms with Crippen LogP contribution in [0.25, 0.3) is 0 Å². The van der Waals surface area contributed by atoms with Crippen LogP contribution >= 0.6 is 0 Å². The summed E-state index contributed by atoms with van der Waals surface area (Å²) in [5.74, 6) is -0.288. The lowest BCUT2D eigenvalue weighted by Gasteiger charge is -2.33. The molecule has 0 bridgehead atoms. The molecule has 1 N–H and O–H groups in total. The molecule has 2 fully saturated rings. The number of aliphatic hydroxyl groups excluding tert-OH is 1. The van der Waals surface area contributed by atoms with Crippen LogP contribution in [0.1, 0.15) is 6.42 Å². The van der Waals surface area contributed by atoms with Crippen molar-refractivity contribution in [2.75, 3.05) is 53.1 Å². The van der Waals surface area contributed by atoms with Crippen LogP contribution < -0.4 is 0 Å². The van der Waals surface area contributed by atoms with Crippen molar-refractivity contribution in [3.8, 4) is 0 Å². The van der Waals surface area contributed by atoms with Gasteiger partial charge in [-0.15, -0.1) is 0 Å². The SMILES string of the molecule is COCCN1CC(C(=O)N2CCOC(CO)C2)CC1=O. The Balaban J connectivity index is 1.88. The van der Waals surface area contributed by atoms with E-state index in [-0.39, 0.29) is 36.9 Å². The number of morpholine rings is 1. The minimum Gasteiger partial charge on any atom is -0.394 e. The Bertz CT molecular complexity index is 363. The number of carbonyl (C=O) groups excluding carboxylic acids is 2. The molecule has 0 saturated carbocycles. The van der Waals surface area contributed by atoms with Gasteiger partial charge in [-0.3, -0.25) is 9.59 Å². The molecule has 0 radical (unpaired) electrons. The van der Waals surface area contributed by atoms with Crippen molar-refractivity contribution in [2.45, 2.75) is 12.5 Å². The molecule has 2 unspecified atom stereocenters. The normalized spacial score (nSPS) is 27.2. The Labute approximate surface area is 118 Å². The van der Waals surface area contributed by atoms with Gasteiger partial charge in [0.15, 0.2) is 0 Å². The quantitative estimate of drug-likeness (QED) is 0.679. The topological polar surface area (TPSA) is 79.3 Å². The van der Waals surface area contributed by atoms with Gasteiger partial charge in [0.25, 0.3) is 0 Å². The molecule has 20 heavy (non-hydrogen) atoms. The third-order valence-electron chi connectivity index (χ3n) is 3.78. The van der Waals surface area contributed by atoms with E-state index in [0.717, 1.165) is 0 Å². The number of methoxy groups -OCH3 is 1. The maximum atomic E-state index is 12.4. The molecule has 0 spiro atoms. The molecule has 7 heteroatoms. The van der Waals surface area contributed by atoms with Crippen LogP contribution in [0.5, 0.6) is 0 Å². The van der Waals surface area contributed by atoms with Crippen molar-refractivity contribution in [3.05, 3.63) is 0 Å². The predicted octanol–water partition coefficient (Wildman–Crippen LogP) is -1.30. The molecule has 2 saturated heterocycles. The molecule has 0 aliphatic carbocycles. The van der Waals surface area contributed by atoms with Crippen LogP contribution in [0.3, 0.4) is 0 Å². The van der Waals surface area contributed by atoms with Crippen LogP contribution in [0, 0.1) is 5.92 Å². The zero-order valence-electron chi connectivity index (χ0n) is 11.8. The van der Waals surface area contributed by atoms with E-state index < -0.39 is 0 Å². The number of ether oxygens (including phenoxy) is 2. The van der Waals surface area contributed by atoms with Gasteiger partial charge in [-0.2, -0.15) is 0 Å². The van der Waals surface area contributed by atoms with Crippen molar-refractivity contribution < 1.29 is 24.2 Å². The first-order valence-electron chi connectivity index (χ1n) is 6.93.